The zero-order valence-corrected chi connectivity index (χ0v) is 16.6. The van der Waals surface area contributed by atoms with E-state index in [-0.39, 0.29) is 17.7 Å². The van der Waals surface area contributed by atoms with Crippen molar-refractivity contribution >= 4 is 58.0 Å². The van der Waals surface area contributed by atoms with E-state index < -0.39 is 5.91 Å². The van der Waals surface area contributed by atoms with Crippen LogP contribution in [-0.2, 0) is 4.79 Å². The van der Waals surface area contributed by atoms with Crippen molar-refractivity contribution in [2.45, 2.75) is 0 Å². The van der Waals surface area contributed by atoms with Gasteiger partial charge in [-0.05, 0) is 59.8 Å². The smallest absolute Gasteiger partial charge is 0.279 e. The molecule has 140 valence electrons. The number of hydrogen-bond acceptors (Lipinski definition) is 4. The van der Waals surface area contributed by atoms with Gasteiger partial charge < -0.3 is 10.1 Å². The van der Waals surface area contributed by atoms with Crippen molar-refractivity contribution < 1.29 is 14.3 Å². The molecule has 8 heteroatoms. The molecule has 0 atom stereocenters. The Balaban J connectivity index is 1.75. The summed E-state index contributed by atoms with van der Waals surface area (Å²) in [6, 6.07) is 11.4. The summed E-state index contributed by atoms with van der Waals surface area (Å²) in [5.74, 6) is 2.00. The number of amides is 2. The number of benzene rings is 2. The van der Waals surface area contributed by atoms with E-state index in [1.54, 1.807) is 48.5 Å². The third-order valence-corrected chi connectivity index (χ3v) is 4.97. The standard InChI is InChI=1S/C20H12Cl2N2O3S/c1-2-9-27-16-8-3-12(10-15(16)22)11-17-19(26)24-20(28-17)23-18(25)13-4-6-14(21)7-5-13/h1,3-8,10-11H,9H2,(H,23,24,25,26)/b17-11-. The van der Waals surface area contributed by atoms with E-state index in [9.17, 15) is 9.59 Å². The van der Waals surface area contributed by atoms with Gasteiger partial charge in [-0.2, -0.15) is 4.99 Å². The number of hydrogen-bond donors (Lipinski definition) is 1. The number of thioether (sulfide) groups is 1. The van der Waals surface area contributed by atoms with Crippen molar-refractivity contribution in [3.8, 4) is 18.1 Å². The van der Waals surface area contributed by atoms with Gasteiger partial charge in [0.1, 0.15) is 12.4 Å². The van der Waals surface area contributed by atoms with Crippen LogP contribution in [0.25, 0.3) is 6.08 Å². The van der Waals surface area contributed by atoms with Crippen LogP contribution in [0.4, 0.5) is 0 Å². The van der Waals surface area contributed by atoms with E-state index in [0.717, 1.165) is 11.8 Å². The molecule has 0 aliphatic carbocycles. The second kappa shape index (κ2) is 8.98. The minimum atomic E-state index is -0.473. The molecule has 0 saturated carbocycles. The first-order valence-electron chi connectivity index (χ1n) is 7.91. The molecular formula is C20H12Cl2N2O3S. The fourth-order valence-corrected chi connectivity index (χ4v) is 3.41. The van der Waals surface area contributed by atoms with Gasteiger partial charge in [0, 0.05) is 10.6 Å². The van der Waals surface area contributed by atoms with Gasteiger partial charge in [-0.1, -0.05) is 35.2 Å². The molecule has 0 unspecified atom stereocenters. The average Bonchev–Trinajstić information content (AvgIpc) is 3.00. The molecule has 1 saturated heterocycles. The van der Waals surface area contributed by atoms with Crippen LogP contribution in [0.5, 0.6) is 5.75 Å². The van der Waals surface area contributed by atoms with Gasteiger partial charge >= 0.3 is 0 Å². The molecule has 1 heterocycles. The van der Waals surface area contributed by atoms with Crippen LogP contribution in [0.2, 0.25) is 10.0 Å². The van der Waals surface area contributed by atoms with Gasteiger partial charge in [-0.15, -0.1) is 6.42 Å². The Morgan fingerprint density at radius 3 is 2.68 bits per heavy atom. The van der Waals surface area contributed by atoms with Crippen molar-refractivity contribution in [1.29, 1.82) is 0 Å². The highest BCUT2D eigenvalue weighted by atomic mass is 35.5. The monoisotopic (exact) mass is 430 g/mol. The lowest BCUT2D eigenvalue weighted by atomic mass is 10.2. The summed E-state index contributed by atoms with van der Waals surface area (Å²) in [7, 11) is 0. The first-order valence-corrected chi connectivity index (χ1v) is 9.49. The van der Waals surface area contributed by atoms with Crippen LogP contribution in [-0.4, -0.2) is 23.6 Å². The Morgan fingerprint density at radius 1 is 1.25 bits per heavy atom. The SMILES string of the molecule is C#CCOc1ccc(/C=C2\SC(=NC(=O)c3ccc(Cl)cc3)NC2=O)cc1Cl. The highest BCUT2D eigenvalue weighted by molar-refractivity contribution is 8.18. The zero-order valence-electron chi connectivity index (χ0n) is 14.2. The highest BCUT2D eigenvalue weighted by Gasteiger charge is 2.25. The van der Waals surface area contributed by atoms with E-state index >= 15 is 0 Å². The highest BCUT2D eigenvalue weighted by Crippen LogP contribution is 2.30. The molecule has 0 spiro atoms. The van der Waals surface area contributed by atoms with E-state index in [1.165, 1.54) is 0 Å². The first-order chi connectivity index (χ1) is 13.5. The Bertz CT molecular complexity index is 1040. The van der Waals surface area contributed by atoms with E-state index in [1.807, 2.05) is 0 Å². The minimum absolute atomic E-state index is 0.111. The molecule has 0 radical (unpaired) electrons. The number of nitrogens with one attached hydrogen (secondary N) is 1. The van der Waals surface area contributed by atoms with Gasteiger partial charge in [0.2, 0.25) is 0 Å². The third kappa shape index (κ3) is 4.96. The van der Waals surface area contributed by atoms with E-state index in [0.29, 0.717) is 31.8 Å². The van der Waals surface area contributed by atoms with Crippen molar-refractivity contribution in [3.63, 3.8) is 0 Å². The zero-order chi connectivity index (χ0) is 20.1. The summed E-state index contributed by atoms with van der Waals surface area (Å²) in [5, 5.41) is 3.67. The largest absolute Gasteiger partial charge is 0.479 e. The van der Waals surface area contributed by atoms with Gasteiger partial charge in [0.15, 0.2) is 5.17 Å². The van der Waals surface area contributed by atoms with Crippen LogP contribution in [0.1, 0.15) is 15.9 Å². The predicted octanol–water partition coefficient (Wildman–Crippen LogP) is 4.41. The van der Waals surface area contributed by atoms with Crippen molar-refractivity contribution in [1.82, 2.24) is 5.32 Å². The summed E-state index contributed by atoms with van der Waals surface area (Å²) in [6.45, 7) is 0.111. The molecule has 2 aromatic rings. The van der Waals surface area contributed by atoms with Crippen molar-refractivity contribution in [3.05, 3.63) is 68.5 Å². The normalized spacial score (nSPS) is 16.1. The van der Waals surface area contributed by atoms with Crippen LogP contribution in [0, 0.1) is 12.3 Å². The van der Waals surface area contributed by atoms with E-state index in [2.05, 4.69) is 16.2 Å². The van der Waals surface area contributed by atoms with Gasteiger partial charge in [-0.25, -0.2) is 0 Å². The summed E-state index contributed by atoms with van der Waals surface area (Å²) < 4.78 is 5.30. The molecule has 28 heavy (non-hydrogen) atoms. The Hall–Kier alpha value is -2.72. The average molecular weight is 431 g/mol. The molecular weight excluding hydrogens is 419 g/mol. The number of nitrogens with zero attached hydrogens (tertiary/aromatic N) is 1. The van der Waals surface area contributed by atoms with Gasteiger partial charge in [0.25, 0.3) is 11.8 Å². The summed E-state index contributed by atoms with van der Waals surface area (Å²) in [6.07, 6.45) is 6.80. The number of halogens is 2. The van der Waals surface area contributed by atoms with Crippen LogP contribution >= 0.6 is 35.0 Å². The molecule has 1 fully saturated rings. The lowest BCUT2D eigenvalue weighted by molar-refractivity contribution is -0.115. The van der Waals surface area contributed by atoms with Crippen molar-refractivity contribution in [2.24, 2.45) is 4.99 Å². The molecule has 5 nitrogen and oxygen atoms in total. The molecule has 1 N–H and O–H groups in total. The Labute approximate surface area is 175 Å². The van der Waals surface area contributed by atoms with Crippen LogP contribution in [0.15, 0.2) is 52.4 Å². The third-order valence-electron chi connectivity index (χ3n) is 3.51. The van der Waals surface area contributed by atoms with E-state index in [4.69, 9.17) is 34.4 Å². The van der Waals surface area contributed by atoms with Crippen LogP contribution < -0.4 is 10.1 Å². The summed E-state index contributed by atoms with van der Waals surface area (Å²) in [5.41, 5.74) is 1.07. The van der Waals surface area contributed by atoms with Gasteiger partial charge in [-0.3, -0.25) is 9.59 Å². The minimum Gasteiger partial charge on any atom is -0.479 e. The molecule has 3 rings (SSSR count). The second-order valence-corrected chi connectivity index (χ2v) is 7.35. The fourth-order valence-electron chi connectivity index (χ4n) is 2.22. The topological polar surface area (TPSA) is 67.8 Å². The maximum absolute atomic E-state index is 12.2. The van der Waals surface area contributed by atoms with Crippen LogP contribution in [0.3, 0.4) is 0 Å². The van der Waals surface area contributed by atoms with Crippen molar-refractivity contribution in [2.75, 3.05) is 6.61 Å². The molecule has 0 bridgehead atoms. The predicted molar refractivity (Wildman–Crippen MR) is 113 cm³/mol. The number of aliphatic imine (C=N–C) groups is 1. The number of terminal acetylenes is 1. The lowest BCUT2D eigenvalue weighted by Crippen LogP contribution is -2.20. The number of carbonyl (C=O) groups is 2. The maximum atomic E-state index is 12.2. The molecule has 0 aromatic heterocycles. The number of carbonyl (C=O) groups excluding carboxylic acids is 2. The molecule has 2 amide bonds. The molecule has 1 aliphatic rings. The molecule has 2 aromatic carbocycles. The number of rotatable bonds is 4. The first kappa shape index (κ1) is 20.0. The Kier molecular flexibility index (Phi) is 6.42. The quantitative estimate of drug-likeness (QED) is 0.576. The number of amidine groups is 1. The maximum Gasteiger partial charge on any atom is 0.279 e. The fraction of sp³-hybridized carbons (Fsp3) is 0.0500. The van der Waals surface area contributed by atoms with Gasteiger partial charge in [0.05, 0.1) is 9.93 Å². The second-order valence-electron chi connectivity index (χ2n) is 5.48. The summed E-state index contributed by atoms with van der Waals surface area (Å²) in [4.78, 5) is 28.7. The summed E-state index contributed by atoms with van der Waals surface area (Å²) >= 11 is 13.0. The lowest BCUT2D eigenvalue weighted by Gasteiger charge is -2.05. The number of ether oxygens (including phenoxy) is 1. The Morgan fingerprint density at radius 2 is 2.00 bits per heavy atom. The molecule has 1 aliphatic heterocycles.